The summed E-state index contributed by atoms with van der Waals surface area (Å²) in [6.45, 7) is 1.85. The number of H-pyrrole nitrogens is 1. The highest BCUT2D eigenvalue weighted by Gasteiger charge is 2.12. The summed E-state index contributed by atoms with van der Waals surface area (Å²) in [6, 6.07) is 3.84. The van der Waals surface area contributed by atoms with E-state index in [4.69, 9.17) is 0 Å². The Hall–Kier alpha value is -2.30. The van der Waals surface area contributed by atoms with Crippen molar-refractivity contribution in [2.24, 2.45) is 0 Å². The Morgan fingerprint density at radius 2 is 2.00 bits per heavy atom. The summed E-state index contributed by atoms with van der Waals surface area (Å²) in [5.74, 6) is -1.27. The molecule has 0 radical (unpaired) electrons. The zero-order valence-corrected chi connectivity index (χ0v) is 9.54. The molecule has 0 aliphatic heterocycles. The number of rotatable bonds is 1. The molecular weight excluding hydrogens is 236 g/mol. The molecule has 1 N–H and O–H groups in total. The summed E-state index contributed by atoms with van der Waals surface area (Å²) < 4.78 is 27.0. The zero-order valence-electron chi connectivity index (χ0n) is 9.54. The van der Waals surface area contributed by atoms with Gasteiger partial charge in [0.05, 0.1) is 6.20 Å². The lowest BCUT2D eigenvalue weighted by Crippen LogP contribution is -1.90. The average Bonchev–Trinajstić information content (AvgIpc) is 2.74. The molecule has 0 atom stereocenters. The van der Waals surface area contributed by atoms with Gasteiger partial charge in [-0.25, -0.2) is 8.78 Å². The molecular formula is C13H9F2N3. The van der Waals surface area contributed by atoms with Gasteiger partial charge in [-0.1, -0.05) is 0 Å². The number of hydrogen-bond donors (Lipinski definition) is 1. The topological polar surface area (TPSA) is 41.6 Å². The van der Waals surface area contributed by atoms with Gasteiger partial charge in [-0.15, -0.1) is 0 Å². The van der Waals surface area contributed by atoms with Crippen molar-refractivity contribution >= 4 is 10.9 Å². The van der Waals surface area contributed by atoms with Gasteiger partial charge in [0.25, 0.3) is 0 Å². The number of benzene rings is 1. The Bertz CT molecular complexity index is 734. The Morgan fingerprint density at radius 3 is 2.72 bits per heavy atom. The molecule has 3 aromatic rings. The molecule has 0 spiro atoms. The molecule has 18 heavy (non-hydrogen) atoms. The number of fused-ring (bicyclic) bond motifs is 1. The van der Waals surface area contributed by atoms with E-state index in [2.05, 4.69) is 15.2 Å². The predicted molar refractivity (Wildman–Crippen MR) is 64.0 cm³/mol. The molecule has 0 aliphatic carbocycles. The predicted octanol–water partition coefficient (Wildman–Crippen LogP) is 3.21. The van der Waals surface area contributed by atoms with Crippen LogP contribution >= 0.6 is 0 Å². The Labute approximate surface area is 101 Å². The standard InChI is InChI=1S/C13H9F2N3/c1-7-11(6-17-18-7)9-2-3-16-13-10(9)4-8(14)5-12(13)15/h2-6H,1H3,(H,17,18). The molecule has 0 amide bonds. The molecule has 2 aromatic heterocycles. The minimum atomic E-state index is -0.659. The summed E-state index contributed by atoms with van der Waals surface area (Å²) in [5, 5.41) is 7.16. The van der Waals surface area contributed by atoms with Gasteiger partial charge < -0.3 is 0 Å². The monoisotopic (exact) mass is 245 g/mol. The fourth-order valence-electron chi connectivity index (χ4n) is 2.04. The van der Waals surface area contributed by atoms with E-state index in [-0.39, 0.29) is 5.52 Å². The van der Waals surface area contributed by atoms with Crippen LogP contribution in [0.25, 0.3) is 22.0 Å². The van der Waals surface area contributed by atoms with E-state index in [0.717, 1.165) is 17.3 Å². The van der Waals surface area contributed by atoms with Crippen LogP contribution in [0.2, 0.25) is 0 Å². The lowest BCUT2D eigenvalue weighted by atomic mass is 10.0. The average molecular weight is 245 g/mol. The molecule has 3 rings (SSSR count). The summed E-state index contributed by atoms with van der Waals surface area (Å²) >= 11 is 0. The molecule has 0 aliphatic rings. The van der Waals surface area contributed by atoms with Crippen LogP contribution in [0, 0.1) is 18.6 Å². The normalized spacial score (nSPS) is 11.1. The third-order valence-corrected chi connectivity index (χ3v) is 2.88. The Balaban J connectivity index is 2.40. The van der Waals surface area contributed by atoms with E-state index >= 15 is 0 Å². The number of nitrogens with one attached hydrogen (secondary N) is 1. The third kappa shape index (κ3) is 1.55. The minimum absolute atomic E-state index is 0.162. The summed E-state index contributed by atoms with van der Waals surface area (Å²) in [6.07, 6.45) is 3.14. The first-order chi connectivity index (χ1) is 8.66. The van der Waals surface area contributed by atoms with Crippen molar-refractivity contribution in [1.29, 1.82) is 0 Å². The molecule has 3 nitrogen and oxygen atoms in total. The van der Waals surface area contributed by atoms with Gasteiger partial charge in [0.2, 0.25) is 0 Å². The van der Waals surface area contributed by atoms with Crippen molar-refractivity contribution in [3.05, 3.63) is 47.9 Å². The summed E-state index contributed by atoms with van der Waals surface area (Å²) in [4.78, 5) is 3.95. The van der Waals surface area contributed by atoms with Crippen LogP contribution in [-0.2, 0) is 0 Å². The van der Waals surface area contributed by atoms with Crippen LogP contribution in [0.15, 0.2) is 30.6 Å². The maximum absolute atomic E-state index is 13.6. The fourth-order valence-corrected chi connectivity index (χ4v) is 2.04. The van der Waals surface area contributed by atoms with Gasteiger partial charge in [0.15, 0.2) is 5.82 Å². The molecule has 2 heterocycles. The van der Waals surface area contributed by atoms with E-state index in [1.807, 2.05) is 6.92 Å². The molecule has 0 bridgehead atoms. The second-order valence-electron chi connectivity index (χ2n) is 4.05. The van der Waals surface area contributed by atoms with Crippen LogP contribution in [0.5, 0.6) is 0 Å². The van der Waals surface area contributed by atoms with Crippen molar-refractivity contribution in [1.82, 2.24) is 15.2 Å². The SMILES string of the molecule is Cc1[nH]ncc1-c1ccnc2c(F)cc(F)cc12. The van der Waals surface area contributed by atoms with E-state index in [0.29, 0.717) is 10.9 Å². The van der Waals surface area contributed by atoms with Gasteiger partial charge >= 0.3 is 0 Å². The number of nitrogens with zero attached hydrogens (tertiary/aromatic N) is 2. The molecule has 5 heteroatoms. The van der Waals surface area contributed by atoms with E-state index in [1.165, 1.54) is 12.3 Å². The van der Waals surface area contributed by atoms with Crippen molar-refractivity contribution < 1.29 is 8.78 Å². The largest absolute Gasteiger partial charge is 0.282 e. The van der Waals surface area contributed by atoms with Gasteiger partial charge in [-0.05, 0) is 24.6 Å². The minimum Gasteiger partial charge on any atom is -0.282 e. The number of pyridine rings is 1. The first-order valence-electron chi connectivity index (χ1n) is 5.41. The van der Waals surface area contributed by atoms with E-state index in [9.17, 15) is 8.78 Å². The first kappa shape index (κ1) is 10.8. The fraction of sp³-hybridized carbons (Fsp3) is 0.0769. The highest BCUT2D eigenvalue weighted by Crippen LogP contribution is 2.30. The summed E-state index contributed by atoms with van der Waals surface area (Å²) in [5.41, 5.74) is 2.53. The second-order valence-corrected chi connectivity index (χ2v) is 4.05. The first-order valence-corrected chi connectivity index (χ1v) is 5.41. The number of aromatic nitrogens is 3. The second kappa shape index (κ2) is 3.87. The molecule has 0 unspecified atom stereocenters. The van der Waals surface area contributed by atoms with Crippen LogP contribution in [0.1, 0.15) is 5.69 Å². The van der Waals surface area contributed by atoms with Gasteiger partial charge in [-0.3, -0.25) is 10.1 Å². The highest BCUT2D eigenvalue weighted by atomic mass is 19.1. The number of aromatic amines is 1. The number of hydrogen-bond acceptors (Lipinski definition) is 2. The van der Waals surface area contributed by atoms with Crippen LogP contribution in [0.4, 0.5) is 8.78 Å². The molecule has 0 fully saturated rings. The summed E-state index contributed by atoms with van der Waals surface area (Å²) in [7, 11) is 0. The van der Waals surface area contributed by atoms with Gasteiger partial charge in [-0.2, -0.15) is 5.10 Å². The van der Waals surface area contributed by atoms with Crippen LogP contribution in [-0.4, -0.2) is 15.2 Å². The molecule has 1 aromatic carbocycles. The number of aryl methyl sites for hydroxylation is 1. The lowest BCUT2D eigenvalue weighted by Gasteiger charge is -2.06. The lowest BCUT2D eigenvalue weighted by molar-refractivity contribution is 0.590. The van der Waals surface area contributed by atoms with E-state index in [1.54, 1.807) is 12.3 Å². The number of halogens is 2. The smallest absolute Gasteiger partial charge is 0.152 e. The van der Waals surface area contributed by atoms with Crippen LogP contribution < -0.4 is 0 Å². The molecule has 0 saturated heterocycles. The van der Waals surface area contributed by atoms with Crippen molar-refractivity contribution in [3.8, 4) is 11.1 Å². The van der Waals surface area contributed by atoms with Crippen LogP contribution in [0.3, 0.4) is 0 Å². The Kier molecular flexibility index (Phi) is 2.33. The van der Waals surface area contributed by atoms with E-state index < -0.39 is 11.6 Å². The maximum Gasteiger partial charge on any atom is 0.152 e. The van der Waals surface area contributed by atoms with Crippen molar-refractivity contribution in [2.75, 3.05) is 0 Å². The van der Waals surface area contributed by atoms with Crippen molar-refractivity contribution in [3.63, 3.8) is 0 Å². The van der Waals surface area contributed by atoms with Gasteiger partial charge in [0, 0.05) is 28.9 Å². The zero-order chi connectivity index (χ0) is 12.7. The molecule has 90 valence electrons. The van der Waals surface area contributed by atoms with Gasteiger partial charge in [0.1, 0.15) is 11.3 Å². The maximum atomic E-state index is 13.6. The highest BCUT2D eigenvalue weighted by molar-refractivity contribution is 5.94. The van der Waals surface area contributed by atoms with Crippen molar-refractivity contribution in [2.45, 2.75) is 6.92 Å². The molecule has 0 saturated carbocycles. The third-order valence-electron chi connectivity index (χ3n) is 2.88. The Morgan fingerprint density at radius 1 is 1.17 bits per heavy atom. The quantitative estimate of drug-likeness (QED) is 0.715.